The van der Waals surface area contributed by atoms with Gasteiger partial charge in [-0.25, -0.2) is 4.79 Å². The molecule has 3 N–H and O–H groups in total. The van der Waals surface area contributed by atoms with Crippen LogP contribution in [-0.2, 0) is 11.3 Å². The fraction of sp³-hybridized carbons (Fsp3) is 0.462. The fourth-order valence-corrected chi connectivity index (χ4v) is 4.14. The van der Waals surface area contributed by atoms with Gasteiger partial charge in [0.1, 0.15) is 17.0 Å². The van der Waals surface area contributed by atoms with E-state index in [-0.39, 0.29) is 30.5 Å². The molecule has 0 fully saturated rings. The van der Waals surface area contributed by atoms with E-state index in [1.807, 2.05) is 30.3 Å². The molecule has 1 aliphatic rings. The first-order valence-electron chi connectivity index (χ1n) is 11.9. The summed E-state index contributed by atoms with van der Waals surface area (Å²) in [7, 11) is 1.57. The van der Waals surface area contributed by atoms with Crippen molar-refractivity contribution in [3.05, 3.63) is 68.4 Å². The molecule has 186 valence electrons. The lowest BCUT2D eigenvalue weighted by Gasteiger charge is -2.33. The average Bonchev–Trinajstić information content (AvgIpc) is 2.85. The Hall–Kier alpha value is -3.80. The Labute approximate surface area is 205 Å². The highest BCUT2D eigenvalue weighted by atomic mass is 16.2. The van der Waals surface area contributed by atoms with Crippen molar-refractivity contribution in [2.75, 3.05) is 30.8 Å². The summed E-state index contributed by atoms with van der Waals surface area (Å²) in [5, 5.41) is 9.46. The molecule has 2 aromatic rings. The van der Waals surface area contributed by atoms with E-state index in [2.05, 4.69) is 17.1 Å². The van der Waals surface area contributed by atoms with Crippen LogP contribution in [0, 0.1) is 11.3 Å². The maximum absolute atomic E-state index is 13.1. The number of nitrogens with zero attached hydrogens (tertiary/aromatic N) is 4. The largest absolute Gasteiger partial charge is 0.383 e. The molecule has 9 nitrogen and oxygen atoms in total. The van der Waals surface area contributed by atoms with Gasteiger partial charge in [0.05, 0.1) is 19.2 Å². The van der Waals surface area contributed by atoms with Crippen LogP contribution in [0.5, 0.6) is 0 Å². The minimum Gasteiger partial charge on any atom is -0.383 e. The Morgan fingerprint density at radius 2 is 1.94 bits per heavy atom. The van der Waals surface area contributed by atoms with Gasteiger partial charge >= 0.3 is 5.69 Å². The number of hydrogen-bond acceptors (Lipinski definition) is 6. The van der Waals surface area contributed by atoms with Crippen LogP contribution >= 0.6 is 0 Å². The highest BCUT2D eigenvalue weighted by Crippen LogP contribution is 2.24. The molecular weight excluding hydrogens is 444 g/mol. The number of hydrogen-bond donors (Lipinski definition) is 2. The van der Waals surface area contributed by atoms with E-state index >= 15 is 0 Å². The van der Waals surface area contributed by atoms with Crippen LogP contribution in [0.3, 0.4) is 0 Å². The van der Waals surface area contributed by atoms with Crippen LogP contribution < -0.4 is 21.9 Å². The van der Waals surface area contributed by atoms with Crippen molar-refractivity contribution in [3.63, 3.8) is 0 Å². The van der Waals surface area contributed by atoms with Gasteiger partial charge in [0.2, 0.25) is 5.91 Å². The number of nitriles is 1. The molecule has 1 aromatic carbocycles. The smallest absolute Gasteiger partial charge is 0.330 e. The first kappa shape index (κ1) is 25.8. The van der Waals surface area contributed by atoms with Crippen LogP contribution in [0.1, 0.15) is 51.5 Å². The van der Waals surface area contributed by atoms with Crippen LogP contribution in [0.25, 0.3) is 0 Å². The molecule has 1 aromatic heterocycles. The molecule has 3 rings (SSSR count). The molecule has 0 atom stereocenters. The number of aromatic nitrogens is 2. The van der Waals surface area contributed by atoms with Crippen molar-refractivity contribution in [1.29, 1.82) is 5.26 Å². The molecule has 9 heteroatoms. The lowest BCUT2D eigenvalue weighted by molar-refractivity contribution is -0.131. The number of H-pyrrole nitrogens is 1. The average molecular weight is 479 g/mol. The minimum absolute atomic E-state index is 0.00947. The number of aromatic amines is 1. The monoisotopic (exact) mass is 478 g/mol. The summed E-state index contributed by atoms with van der Waals surface area (Å²) in [5.74, 6) is -0.316. The molecule has 0 aliphatic heterocycles. The second-order valence-corrected chi connectivity index (χ2v) is 9.47. The first-order valence-corrected chi connectivity index (χ1v) is 11.9. The third kappa shape index (κ3) is 6.21. The summed E-state index contributed by atoms with van der Waals surface area (Å²) >= 11 is 0. The Kier molecular flexibility index (Phi) is 8.18. The second kappa shape index (κ2) is 11.1. The zero-order chi connectivity index (χ0) is 25.6. The number of anilines is 2. The summed E-state index contributed by atoms with van der Waals surface area (Å²) in [4.78, 5) is 44.1. The molecule has 0 saturated heterocycles. The number of nitrogens with two attached hydrogens (primary N) is 1. The van der Waals surface area contributed by atoms with E-state index in [9.17, 15) is 19.6 Å². The maximum atomic E-state index is 13.1. The highest BCUT2D eigenvalue weighted by Gasteiger charge is 2.30. The molecule has 1 amide bonds. The third-order valence-electron chi connectivity index (χ3n) is 6.61. The van der Waals surface area contributed by atoms with Crippen LogP contribution in [0.4, 0.5) is 11.5 Å². The zero-order valence-corrected chi connectivity index (χ0v) is 20.7. The van der Waals surface area contributed by atoms with Crippen LogP contribution in [-0.4, -0.2) is 46.0 Å². The number of likely N-dealkylation sites (N-methyl/N-ethyl adjacent to an activating group) is 1. The van der Waals surface area contributed by atoms with Crippen molar-refractivity contribution < 1.29 is 4.79 Å². The van der Waals surface area contributed by atoms with Crippen molar-refractivity contribution in [2.24, 2.45) is 0 Å². The van der Waals surface area contributed by atoms with Gasteiger partial charge in [-0.3, -0.25) is 19.1 Å². The Bertz CT molecular complexity index is 1240. The third-order valence-corrected chi connectivity index (χ3v) is 6.61. The number of nitrogen functional groups attached to an aromatic ring is 1. The number of carbonyl (C=O) groups excluding carboxylic acids is 1. The molecular formula is C26H34N6O3. The van der Waals surface area contributed by atoms with Crippen molar-refractivity contribution in [2.45, 2.75) is 58.0 Å². The van der Waals surface area contributed by atoms with E-state index < -0.39 is 16.8 Å². The molecule has 0 saturated carbocycles. The first-order chi connectivity index (χ1) is 16.6. The van der Waals surface area contributed by atoms with Gasteiger partial charge in [-0.05, 0) is 51.5 Å². The predicted molar refractivity (Wildman–Crippen MR) is 137 cm³/mol. The van der Waals surface area contributed by atoms with Gasteiger partial charge in [0.15, 0.2) is 0 Å². The number of benzene rings is 1. The van der Waals surface area contributed by atoms with Gasteiger partial charge < -0.3 is 15.5 Å². The minimum atomic E-state index is -1.02. The van der Waals surface area contributed by atoms with Crippen molar-refractivity contribution in [3.8, 4) is 6.07 Å². The molecule has 0 spiro atoms. The van der Waals surface area contributed by atoms with Gasteiger partial charge in [-0.15, -0.1) is 0 Å². The number of amides is 1. The summed E-state index contributed by atoms with van der Waals surface area (Å²) in [6.45, 7) is 3.73. The molecule has 0 radical (unpaired) electrons. The van der Waals surface area contributed by atoms with Crippen molar-refractivity contribution in [1.82, 2.24) is 14.5 Å². The summed E-state index contributed by atoms with van der Waals surface area (Å²) in [5.41, 5.74) is 6.39. The summed E-state index contributed by atoms with van der Waals surface area (Å²) in [6.07, 6.45) is 7.19. The zero-order valence-electron chi connectivity index (χ0n) is 20.7. The van der Waals surface area contributed by atoms with Crippen LogP contribution in [0.15, 0.2) is 51.6 Å². The Balaban J connectivity index is 1.99. The molecule has 1 heterocycles. The van der Waals surface area contributed by atoms with Crippen LogP contribution in [0.2, 0.25) is 0 Å². The molecule has 0 unspecified atom stereocenters. The van der Waals surface area contributed by atoms with E-state index in [0.29, 0.717) is 13.0 Å². The molecule has 0 bridgehead atoms. The number of nitrogens with one attached hydrogen (secondary N) is 1. The number of allylic oxidation sites excluding steroid dienone is 1. The summed E-state index contributed by atoms with van der Waals surface area (Å²) < 4.78 is 1.31. The van der Waals surface area contributed by atoms with E-state index in [4.69, 9.17) is 5.73 Å². The second-order valence-electron chi connectivity index (χ2n) is 9.47. The van der Waals surface area contributed by atoms with Gasteiger partial charge in [0.25, 0.3) is 5.56 Å². The maximum Gasteiger partial charge on any atom is 0.330 e. The normalized spacial score (nSPS) is 13.6. The fourth-order valence-electron chi connectivity index (χ4n) is 4.14. The lowest BCUT2D eigenvalue weighted by Crippen LogP contribution is -2.49. The quantitative estimate of drug-likeness (QED) is 0.533. The van der Waals surface area contributed by atoms with E-state index in [1.165, 1.54) is 15.0 Å². The Morgan fingerprint density at radius 3 is 2.57 bits per heavy atom. The summed E-state index contributed by atoms with van der Waals surface area (Å²) in [6, 6.07) is 11.5. The van der Waals surface area contributed by atoms with Gasteiger partial charge in [-0.1, -0.05) is 42.0 Å². The molecule has 35 heavy (non-hydrogen) atoms. The standard InChI is InChI=1S/C26H34N6O3/c1-26(2,18-27)30(3)21(33)17-31(15-14-19-10-6-4-7-11-19)22-23(28)32(25(35)29-24(22)34)16-20-12-8-5-9-13-20/h5,8-10,12-13H,4,6-7,11,14-17,28H2,1-3H3,(H,29,34,35). The topological polar surface area (TPSA) is 128 Å². The molecule has 1 aliphatic carbocycles. The SMILES string of the molecule is CN(C(=O)CN(CCC1=CCCCC1)c1c(N)n(Cc2ccccc2)c(=O)[nH]c1=O)C(C)(C)C#N. The number of rotatable bonds is 9. The predicted octanol–water partition coefficient (Wildman–Crippen LogP) is 2.62. The van der Waals surface area contributed by atoms with Crippen molar-refractivity contribution >= 4 is 17.4 Å². The Morgan fingerprint density at radius 1 is 1.23 bits per heavy atom. The van der Waals surface area contributed by atoms with E-state index in [1.54, 1.807) is 25.8 Å². The van der Waals surface area contributed by atoms with Gasteiger partial charge in [0, 0.05) is 13.6 Å². The van der Waals surface area contributed by atoms with Gasteiger partial charge in [-0.2, -0.15) is 5.26 Å². The number of carbonyl (C=O) groups is 1. The highest BCUT2D eigenvalue weighted by molar-refractivity contribution is 5.83. The van der Waals surface area contributed by atoms with E-state index in [0.717, 1.165) is 31.2 Å². The lowest BCUT2D eigenvalue weighted by atomic mass is 9.97.